The maximum Gasteiger partial charge on any atom is 0.226 e. The van der Waals surface area contributed by atoms with Crippen LogP contribution in [0.1, 0.15) is 24.2 Å². The summed E-state index contributed by atoms with van der Waals surface area (Å²) < 4.78 is 13.7. The van der Waals surface area contributed by atoms with Crippen LogP contribution < -0.4 is 10.2 Å². The molecule has 0 radical (unpaired) electrons. The number of carbonyl (C=O) groups excluding carboxylic acids is 2. The van der Waals surface area contributed by atoms with Crippen LogP contribution in [0.15, 0.2) is 51.0 Å². The van der Waals surface area contributed by atoms with Crippen LogP contribution in [-0.4, -0.2) is 64.3 Å². The average Bonchev–Trinajstić information content (AvgIpc) is 3.26. The summed E-state index contributed by atoms with van der Waals surface area (Å²) in [5, 5.41) is 6.24. The highest BCUT2D eigenvalue weighted by Gasteiger charge is 2.28. The summed E-state index contributed by atoms with van der Waals surface area (Å²) in [7, 11) is 2.08. The lowest BCUT2D eigenvalue weighted by molar-refractivity contribution is -0.114. The van der Waals surface area contributed by atoms with Gasteiger partial charge in [-0.15, -0.1) is 11.3 Å². The van der Waals surface area contributed by atoms with Crippen LogP contribution in [0.2, 0.25) is 0 Å². The smallest absolute Gasteiger partial charge is 0.226 e. The third-order valence-corrected chi connectivity index (χ3v) is 7.74. The molecule has 8 nitrogen and oxygen atoms in total. The van der Waals surface area contributed by atoms with Crippen molar-refractivity contribution in [2.75, 3.05) is 43.4 Å². The van der Waals surface area contributed by atoms with Gasteiger partial charge in [0.25, 0.3) is 0 Å². The molecule has 0 aliphatic carbocycles. The largest absolute Gasteiger partial charge is 0.606 e. The summed E-state index contributed by atoms with van der Waals surface area (Å²) in [5.74, 6) is 0.279. The quantitative estimate of drug-likeness (QED) is 0.424. The molecule has 0 spiro atoms. The fourth-order valence-electron chi connectivity index (χ4n) is 3.58. The summed E-state index contributed by atoms with van der Waals surface area (Å²) in [4.78, 5) is 38.2. The number of nitrogens with one attached hydrogen (secondary N) is 1. The van der Waals surface area contributed by atoms with Gasteiger partial charge in [0.15, 0.2) is 10.7 Å². The first-order valence-corrected chi connectivity index (χ1v) is 12.6. The Morgan fingerprint density at radius 2 is 1.88 bits per heavy atom. The van der Waals surface area contributed by atoms with Crippen LogP contribution in [0.4, 0.5) is 11.6 Å². The lowest BCUT2D eigenvalue weighted by atomic mass is 10.1. The molecule has 172 valence electrons. The zero-order valence-corrected chi connectivity index (χ0v) is 20.3. The van der Waals surface area contributed by atoms with Crippen molar-refractivity contribution < 1.29 is 14.1 Å². The highest BCUT2D eigenvalue weighted by atomic mass is 32.2. The Hall–Kier alpha value is -2.79. The number of amides is 1. The molecule has 0 bridgehead atoms. The Labute approximate surface area is 199 Å². The molecule has 1 aliphatic heterocycles. The van der Waals surface area contributed by atoms with E-state index >= 15 is 0 Å². The number of piperazine rings is 1. The van der Waals surface area contributed by atoms with Gasteiger partial charge in [0, 0.05) is 66.2 Å². The van der Waals surface area contributed by atoms with Gasteiger partial charge in [-0.05, 0) is 20.0 Å². The van der Waals surface area contributed by atoms with Gasteiger partial charge in [0.1, 0.15) is 11.4 Å². The number of likely N-dealkylation sites (N-methyl/N-ethyl adjacent to an activating group) is 1. The van der Waals surface area contributed by atoms with Crippen LogP contribution in [0.5, 0.6) is 0 Å². The van der Waals surface area contributed by atoms with Crippen molar-refractivity contribution >= 4 is 45.8 Å². The van der Waals surface area contributed by atoms with Crippen molar-refractivity contribution in [2.24, 2.45) is 0 Å². The second kappa shape index (κ2) is 10.0. The zero-order valence-electron chi connectivity index (χ0n) is 18.7. The third-order valence-electron chi connectivity index (χ3n) is 5.41. The van der Waals surface area contributed by atoms with E-state index in [1.165, 1.54) is 25.2 Å². The number of aromatic nitrogens is 2. The van der Waals surface area contributed by atoms with Gasteiger partial charge in [0.05, 0.1) is 6.20 Å². The zero-order chi connectivity index (χ0) is 23.5. The third kappa shape index (κ3) is 5.25. The van der Waals surface area contributed by atoms with Gasteiger partial charge in [-0.3, -0.25) is 9.59 Å². The second-order valence-corrected chi connectivity index (χ2v) is 10.1. The number of Topliss-reactive ketones (excluding diaryl/α,β-unsaturated/α-hetero) is 1. The lowest BCUT2D eigenvalue weighted by Gasteiger charge is -2.32. The van der Waals surface area contributed by atoms with Crippen molar-refractivity contribution in [1.82, 2.24) is 14.9 Å². The minimum atomic E-state index is -1.63. The maximum atomic E-state index is 13.7. The highest BCUT2D eigenvalue weighted by Crippen LogP contribution is 2.36. The molecule has 4 rings (SSSR count). The molecule has 3 heterocycles. The summed E-state index contributed by atoms with van der Waals surface area (Å²) in [6.45, 7) is 6.32. The van der Waals surface area contributed by atoms with Gasteiger partial charge in [-0.1, -0.05) is 18.2 Å². The maximum absolute atomic E-state index is 13.7. The number of ketones is 1. The van der Waals surface area contributed by atoms with E-state index in [1.807, 2.05) is 6.07 Å². The minimum absolute atomic E-state index is 0.0568. The molecule has 10 heteroatoms. The first-order chi connectivity index (χ1) is 15.8. The summed E-state index contributed by atoms with van der Waals surface area (Å²) in [6.07, 6.45) is 1.60. The van der Waals surface area contributed by atoms with Crippen LogP contribution in [0.3, 0.4) is 0 Å². The molecule has 0 saturated carbocycles. The molecule has 1 saturated heterocycles. The van der Waals surface area contributed by atoms with Crippen molar-refractivity contribution in [2.45, 2.75) is 23.6 Å². The Kier molecular flexibility index (Phi) is 7.08. The number of anilines is 2. The fraction of sp³-hybridized carbons (Fsp3) is 0.304. The van der Waals surface area contributed by atoms with E-state index in [1.54, 1.807) is 35.2 Å². The molecule has 1 atom stereocenters. The number of benzene rings is 1. The topological polar surface area (TPSA) is 101 Å². The van der Waals surface area contributed by atoms with Crippen LogP contribution >= 0.6 is 11.3 Å². The van der Waals surface area contributed by atoms with Gasteiger partial charge < -0.3 is 19.7 Å². The standard InChI is InChI=1S/C23H25N5O3S2/c1-15(29)17-5-4-6-18(11-17)22-20(33(31)21-14-32-13-19(21)25-16(2)30)12-24-23(26-22)28-9-7-27(3)8-10-28/h4-6,11-14H,7-10H2,1-3H3,(H,25,30). The van der Waals surface area contributed by atoms with E-state index < -0.39 is 11.2 Å². The van der Waals surface area contributed by atoms with Crippen molar-refractivity contribution in [3.05, 3.63) is 46.8 Å². The fourth-order valence-corrected chi connectivity index (χ4v) is 5.84. The van der Waals surface area contributed by atoms with Crippen molar-refractivity contribution in [3.63, 3.8) is 0 Å². The number of nitrogens with zero attached hydrogens (tertiary/aromatic N) is 4. The molecule has 1 N–H and O–H groups in total. The predicted molar refractivity (Wildman–Crippen MR) is 130 cm³/mol. The monoisotopic (exact) mass is 483 g/mol. The van der Waals surface area contributed by atoms with Crippen LogP contribution in [0, 0.1) is 0 Å². The second-order valence-electron chi connectivity index (χ2n) is 7.91. The van der Waals surface area contributed by atoms with Crippen molar-refractivity contribution in [3.8, 4) is 11.3 Å². The minimum Gasteiger partial charge on any atom is -0.606 e. The summed E-state index contributed by atoms with van der Waals surface area (Å²) >= 11 is -0.274. The molecule has 1 fully saturated rings. The van der Waals surface area contributed by atoms with Gasteiger partial charge in [-0.2, -0.15) is 0 Å². The van der Waals surface area contributed by atoms with E-state index in [0.717, 1.165) is 26.2 Å². The van der Waals surface area contributed by atoms with E-state index in [-0.39, 0.29) is 11.7 Å². The number of hydrogen-bond acceptors (Lipinski definition) is 8. The molecular formula is C23H25N5O3S2. The van der Waals surface area contributed by atoms with Gasteiger partial charge >= 0.3 is 0 Å². The van der Waals surface area contributed by atoms with Gasteiger partial charge in [0.2, 0.25) is 16.8 Å². The lowest BCUT2D eigenvalue weighted by Crippen LogP contribution is -2.45. The molecule has 1 aliphatic rings. The van der Waals surface area contributed by atoms with E-state index in [4.69, 9.17) is 4.98 Å². The Bertz CT molecular complexity index is 1170. The Morgan fingerprint density at radius 1 is 1.12 bits per heavy atom. The van der Waals surface area contributed by atoms with Crippen LogP contribution in [-0.2, 0) is 16.0 Å². The SMILES string of the molecule is CC(=O)Nc1cscc1[S+]([O-])c1cnc(N2CCN(C)CC2)nc1-c1cccc(C(C)=O)c1. The molecule has 1 unspecified atom stereocenters. The normalized spacial score (nSPS) is 15.3. The highest BCUT2D eigenvalue weighted by molar-refractivity contribution is 7.92. The van der Waals surface area contributed by atoms with E-state index in [0.29, 0.717) is 38.2 Å². The molecule has 3 aromatic rings. The summed E-state index contributed by atoms with van der Waals surface area (Å²) in [6, 6.07) is 7.16. The van der Waals surface area contributed by atoms with Crippen LogP contribution in [0.25, 0.3) is 11.3 Å². The molecular weight excluding hydrogens is 458 g/mol. The molecule has 2 aromatic heterocycles. The predicted octanol–water partition coefficient (Wildman–Crippen LogP) is 3.28. The molecule has 33 heavy (non-hydrogen) atoms. The van der Waals surface area contributed by atoms with E-state index in [9.17, 15) is 14.1 Å². The first-order valence-electron chi connectivity index (χ1n) is 10.5. The van der Waals surface area contributed by atoms with Gasteiger partial charge in [-0.25, -0.2) is 9.97 Å². The number of rotatable bonds is 6. The van der Waals surface area contributed by atoms with E-state index in [2.05, 4.69) is 27.1 Å². The molecule has 1 amide bonds. The molecule has 1 aromatic carbocycles. The number of thiophene rings is 1. The number of carbonyl (C=O) groups is 2. The summed E-state index contributed by atoms with van der Waals surface area (Å²) in [5.41, 5.74) is 2.27. The number of hydrogen-bond donors (Lipinski definition) is 1. The van der Waals surface area contributed by atoms with Crippen molar-refractivity contribution in [1.29, 1.82) is 0 Å². The first kappa shape index (κ1) is 23.4. The average molecular weight is 484 g/mol. The Balaban J connectivity index is 1.79. The Morgan fingerprint density at radius 3 is 2.58 bits per heavy atom.